The van der Waals surface area contributed by atoms with E-state index in [9.17, 15) is 0 Å². The average Bonchev–Trinajstić information content (AvgIpc) is 1.89. The van der Waals surface area contributed by atoms with E-state index in [1.165, 1.54) is 25.7 Å². The molecule has 0 aromatic heterocycles. The molecule has 1 aliphatic carbocycles. The van der Waals surface area contributed by atoms with Crippen LogP contribution in [0.2, 0.25) is 0 Å². The Bertz CT molecular complexity index is 84.2. The van der Waals surface area contributed by atoms with Gasteiger partial charge < -0.3 is 0 Å². The molecule has 0 aliphatic heterocycles. The molecule has 0 aromatic rings. The second-order valence-electron chi connectivity index (χ2n) is 4.23. The van der Waals surface area contributed by atoms with E-state index in [0.29, 0.717) is 5.41 Å². The van der Waals surface area contributed by atoms with Crippen molar-refractivity contribution in [2.45, 2.75) is 60.3 Å². The number of hydrogen-bond donors (Lipinski definition) is 0. The largest absolute Gasteiger partial charge is 0.0683 e. The third-order valence-corrected chi connectivity index (χ3v) is 2.38. The van der Waals surface area contributed by atoms with Crippen molar-refractivity contribution >= 4 is 0 Å². The van der Waals surface area contributed by atoms with Crippen LogP contribution in [0.5, 0.6) is 0 Å². The summed E-state index contributed by atoms with van der Waals surface area (Å²) in [6.45, 7) is 11.0. The second kappa shape index (κ2) is 4.79. The lowest BCUT2D eigenvalue weighted by molar-refractivity contribution is 0.0893. The Morgan fingerprint density at radius 1 is 1.18 bits per heavy atom. The van der Waals surface area contributed by atoms with Gasteiger partial charge in [-0.3, -0.25) is 0 Å². The summed E-state index contributed by atoms with van der Waals surface area (Å²) in [4.78, 5) is 0. The molecule has 0 spiro atoms. The molecule has 11 heavy (non-hydrogen) atoms. The highest BCUT2D eigenvalue weighted by Crippen LogP contribution is 2.46. The van der Waals surface area contributed by atoms with E-state index in [1.807, 2.05) is 13.8 Å². The molecular formula is C11H24. The van der Waals surface area contributed by atoms with Gasteiger partial charge in [-0.2, -0.15) is 0 Å². The molecule has 0 atom stereocenters. The van der Waals surface area contributed by atoms with Crippen LogP contribution in [-0.2, 0) is 0 Å². The van der Waals surface area contributed by atoms with E-state index in [-0.39, 0.29) is 0 Å². The van der Waals surface area contributed by atoms with Crippen LogP contribution < -0.4 is 0 Å². The lowest BCUT2D eigenvalue weighted by atomic mass is 9.63. The van der Waals surface area contributed by atoms with Crippen molar-refractivity contribution in [3.8, 4) is 0 Å². The summed E-state index contributed by atoms with van der Waals surface area (Å²) >= 11 is 0. The van der Waals surface area contributed by atoms with Crippen molar-refractivity contribution in [2.75, 3.05) is 0 Å². The third-order valence-electron chi connectivity index (χ3n) is 2.38. The monoisotopic (exact) mass is 156 g/mol. The molecule has 0 bridgehead atoms. The first-order valence-corrected chi connectivity index (χ1v) is 5.14. The Kier molecular flexibility index (Phi) is 4.79. The van der Waals surface area contributed by atoms with Crippen molar-refractivity contribution in [3.63, 3.8) is 0 Å². The fraction of sp³-hybridized carbons (Fsp3) is 1.00. The molecule has 1 rings (SSSR count). The van der Waals surface area contributed by atoms with Gasteiger partial charge in [0.15, 0.2) is 0 Å². The van der Waals surface area contributed by atoms with E-state index >= 15 is 0 Å². The van der Waals surface area contributed by atoms with Gasteiger partial charge in [0.05, 0.1) is 0 Å². The van der Waals surface area contributed by atoms with Gasteiger partial charge in [-0.25, -0.2) is 0 Å². The Labute approximate surface area is 72.4 Å². The van der Waals surface area contributed by atoms with Crippen LogP contribution in [0, 0.1) is 11.3 Å². The third kappa shape index (κ3) is 3.79. The highest BCUT2D eigenvalue weighted by molar-refractivity contribution is 4.85. The van der Waals surface area contributed by atoms with Crippen LogP contribution in [0.15, 0.2) is 0 Å². The van der Waals surface area contributed by atoms with Gasteiger partial charge in [-0.15, -0.1) is 0 Å². The molecule has 1 fully saturated rings. The second-order valence-corrected chi connectivity index (χ2v) is 4.23. The molecule has 0 unspecified atom stereocenters. The van der Waals surface area contributed by atoms with E-state index in [2.05, 4.69) is 20.8 Å². The lowest BCUT2D eigenvalue weighted by Gasteiger charge is -2.42. The zero-order chi connectivity index (χ0) is 8.91. The first kappa shape index (κ1) is 11.0. The zero-order valence-electron chi connectivity index (χ0n) is 8.91. The van der Waals surface area contributed by atoms with Crippen molar-refractivity contribution < 1.29 is 0 Å². The van der Waals surface area contributed by atoms with Gasteiger partial charge in [0, 0.05) is 0 Å². The minimum atomic E-state index is 0.694. The van der Waals surface area contributed by atoms with Crippen LogP contribution in [0.4, 0.5) is 0 Å². The molecule has 68 valence electrons. The molecule has 0 aromatic carbocycles. The van der Waals surface area contributed by atoms with Crippen molar-refractivity contribution in [1.29, 1.82) is 0 Å². The van der Waals surface area contributed by atoms with Gasteiger partial charge in [0.2, 0.25) is 0 Å². The summed E-state index contributed by atoms with van der Waals surface area (Å²) in [5, 5.41) is 0. The molecule has 0 amide bonds. The highest BCUT2D eigenvalue weighted by atomic mass is 14.4. The quantitative estimate of drug-likeness (QED) is 0.560. The minimum Gasteiger partial charge on any atom is -0.0683 e. The first-order chi connectivity index (χ1) is 5.14. The van der Waals surface area contributed by atoms with Gasteiger partial charge in [-0.1, -0.05) is 47.5 Å². The van der Waals surface area contributed by atoms with E-state index in [4.69, 9.17) is 0 Å². The zero-order valence-corrected chi connectivity index (χ0v) is 8.91. The minimum absolute atomic E-state index is 0.694. The summed E-state index contributed by atoms with van der Waals surface area (Å²) < 4.78 is 0. The summed E-state index contributed by atoms with van der Waals surface area (Å²) in [5.74, 6) is 1.07. The SMILES string of the molecule is CC.CCCC1CC(C)(C)C1. The molecule has 0 saturated heterocycles. The Morgan fingerprint density at radius 3 is 1.91 bits per heavy atom. The molecule has 0 nitrogen and oxygen atoms in total. The van der Waals surface area contributed by atoms with Gasteiger partial charge >= 0.3 is 0 Å². The molecular weight excluding hydrogens is 132 g/mol. The van der Waals surface area contributed by atoms with Gasteiger partial charge in [0.25, 0.3) is 0 Å². The predicted molar refractivity (Wildman–Crippen MR) is 52.8 cm³/mol. The van der Waals surface area contributed by atoms with Crippen LogP contribution in [0.25, 0.3) is 0 Å². The van der Waals surface area contributed by atoms with Crippen LogP contribution in [0.1, 0.15) is 60.3 Å². The molecule has 1 saturated carbocycles. The predicted octanol–water partition coefficient (Wildman–Crippen LogP) is 4.25. The Morgan fingerprint density at radius 2 is 1.64 bits per heavy atom. The molecule has 1 aliphatic rings. The average molecular weight is 156 g/mol. The smallest absolute Gasteiger partial charge is 0.0349 e. The van der Waals surface area contributed by atoms with E-state index in [0.717, 1.165) is 5.92 Å². The van der Waals surface area contributed by atoms with Crippen molar-refractivity contribution in [1.82, 2.24) is 0 Å². The molecule has 0 heterocycles. The maximum atomic E-state index is 2.37. The fourth-order valence-corrected chi connectivity index (χ4v) is 2.12. The standard InChI is InChI=1S/C9H18.C2H6/c1-4-5-8-6-9(2,3)7-8;1-2/h8H,4-7H2,1-3H3;1-2H3. The van der Waals surface area contributed by atoms with Crippen LogP contribution in [-0.4, -0.2) is 0 Å². The molecule has 0 N–H and O–H groups in total. The fourth-order valence-electron chi connectivity index (χ4n) is 2.12. The Balaban J connectivity index is 0.000000461. The van der Waals surface area contributed by atoms with Crippen LogP contribution in [0.3, 0.4) is 0 Å². The number of rotatable bonds is 2. The first-order valence-electron chi connectivity index (χ1n) is 5.14. The Hall–Kier alpha value is 0. The van der Waals surface area contributed by atoms with Gasteiger partial charge in [0.1, 0.15) is 0 Å². The molecule has 0 radical (unpaired) electrons. The summed E-state index contributed by atoms with van der Waals surface area (Å²) in [7, 11) is 0. The van der Waals surface area contributed by atoms with Crippen LogP contribution >= 0.6 is 0 Å². The topological polar surface area (TPSA) is 0 Å². The van der Waals surface area contributed by atoms with Gasteiger partial charge in [-0.05, 0) is 24.2 Å². The summed E-state index contributed by atoms with van der Waals surface area (Å²) in [6, 6.07) is 0. The maximum Gasteiger partial charge on any atom is -0.0349 e. The lowest BCUT2D eigenvalue weighted by Crippen LogP contribution is -2.31. The van der Waals surface area contributed by atoms with E-state index < -0.39 is 0 Å². The number of hydrogen-bond acceptors (Lipinski definition) is 0. The normalized spacial score (nSPS) is 21.5. The summed E-state index contributed by atoms with van der Waals surface area (Å²) in [6.07, 6.45) is 5.78. The maximum absolute atomic E-state index is 2.37. The van der Waals surface area contributed by atoms with Crippen molar-refractivity contribution in [2.24, 2.45) is 11.3 Å². The van der Waals surface area contributed by atoms with E-state index in [1.54, 1.807) is 0 Å². The molecule has 0 heteroatoms. The summed E-state index contributed by atoms with van der Waals surface area (Å²) in [5.41, 5.74) is 0.694. The van der Waals surface area contributed by atoms with Crippen molar-refractivity contribution in [3.05, 3.63) is 0 Å². The highest BCUT2D eigenvalue weighted by Gasteiger charge is 2.34.